The number of sulfonamides is 1. The van der Waals surface area contributed by atoms with Gasteiger partial charge in [0.05, 0.1) is 27.5 Å². The first kappa shape index (κ1) is 25.3. The summed E-state index contributed by atoms with van der Waals surface area (Å²) in [5.41, 5.74) is 5.92. The van der Waals surface area contributed by atoms with Crippen molar-refractivity contribution in [1.82, 2.24) is 9.78 Å². The summed E-state index contributed by atoms with van der Waals surface area (Å²) in [4.78, 5) is 13.6. The molecule has 182 valence electrons. The summed E-state index contributed by atoms with van der Waals surface area (Å²) in [6.07, 6.45) is 0.720. The zero-order chi connectivity index (χ0) is 25.2. The number of rotatable bonds is 9. The number of hydrogen-bond acceptors (Lipinski definition) is 5. The van der Waals surface area contributed by atoms with E-state index in [1.165, 1.54) is 12.1 Å². The Hall–Kier alpha value is -3.33. The van der Waals surface area contributed by atoms with Gasteiger partial charge >= 0.3 is 5.97 Å². The van der Waals surface area contributed by atoms with E-state index in [4.69, 9.17) is 0 Å². The van der Waals surface area contributed by atoms with Crippen LogP contribution in [0.3, 0.4) is 0 Å². The third-order valence-corrected chi connectivity index (χ3v) is 7.58. The van der Waals surface area contributed by atoms with Crippen molar-refractivity contribution in [2.45, 2.75) is 52.5 Å². The molecule has 2 N–H and O–H groups in total. The number of aryl methyl sites for hydroxylation is 4. The summed E-state index contributed by atoms with van der Waals surface area (Å²) in [6.45, 7) is 11.2. The third-order valence-electron chi connectivity index (χ3n) is 6.22. The van der Waals surface area contributed by atoms with Crippen molar-refractivity contribution in [2.24, 2.45) is 0 Å². The second-order valence-electron chi connectivity index (χ2n) is 8.53. The molecule has 0 saturated carbocycles. The molecule has 0 aliphatic heterocycles. The van der Waals surface area contributed by atoms with Crippen LogP contribution >= 0.6 is 0 Å². The molecular weight excluding hydrogens is 452 g/mol. The van der Waals surface area contributed by atoms with Gasteiger partial charge in [-0.2, -0.15) is 5.10 Å². The third kappa shape index (κ3) is 5.25. The quantitative estimate of drug-likeness (QED) is 0.469. The van der Waals surface area contributed by atoms with Gasteiger partial charge in [0.1, 0.15) is 0 Å². The number of anilines is 2. The molecule has 34 heavy (non-hydrogen) atoms. The zero-order valence-corrected chi connectivity index (χ0v) is 21.3. The monoisotopic (exact) mass is 484 g/mol. The Labute approximate surface area is 201 Å². The molecular formula is C25H32N4O4S. The highest BCUT2D eigenvalue weighted by atomic mass is 32.2. The predicted octanol–water partition coefficient (Wildman–Crippen LogP) is 4.31. The van der Waals surface area contributed by atoms with Crippen molar-refractivity contribution < 1.29 is 18.3 Å². The van der Waals surface area contributed by atoms with Crippen molar-refractivity contribution in [2.75, 3.05) is 23.2 Å². The Morgan fingerprint density at radius 1 is 1.09 bits per heavy atom. The van der Waals surface area contributed by atoms with Crippen LogP contribution < -0.4 is 9.62 Å². The molecule has 3 rings (SSSR count). The lowest BCUT2D eigenvalue weighted by Crippen LogP contribution is -2.23. The Bertz CT molecular complexity index is 1330. The van der Waals surface area contributed by atoms with E-state index in [1.807, 2.05) is 51.2 Å². The fraction of sp³-hybridized carbons (Fsp3) is 0.360. The maximum Gasteiger partial charge on any atom is 0.335 e. The molecule has 0 atom stereocenters. The number of carboxylic acids is 1. The summed E-state index contributed by atoms with van der Waals surface area (Å²) in [7, 11) is -2.05. The highest BCUT2D eigenvalue weighted by Gasteiger charge is 2.20. The maximum absolute atomic E-state index is 13.1. The normalized spacial score (nSPS) is 11.5. The average molecular weight is 485 g/mol. The van der Waals surface area contributed by atoms with Crippen LogP contribution in [0.15, 0.2) is 41.3 Å². The molecule has 1 heterocycles. The molecule has 0 unspecified atom stereocenters. The molecule has 0 fully saturated rings. The lowest BCUT2D eigenvalue weighted by molar-refractivity contribution is 0.0697. The van der Waals surface area contributed by atoms with Gasteiger partial charge in [0, 0.05) is 25.8 Å². The molecule has 0 spiro atoms. The first-order valence-electron chi connectivity index (χ1n) is 11.2. The van der Waals surface area contributed by atoms with E-state index in [9.17, 15) is 18.3 Å². The van der Waals surface area contributed by atoms with Crippen LogP contribution in [0.4, 0.5) is 11.4 Å². The summed E-state index contributed by atoms with van der Waals surface area (Å²) >= 11 is 0. The Morgan fingerprint density at radius 3 is 2.38 bits per heavy atom. The van der Waals surface area contributed by atoms with E-state index < -0.39 is 16.0 Å². The van der Waals surface area contributed by atoms with Gasteiger partial charge in [0.2, 0.25) is 0 Å². The second kappa shape index (κ2) is 9.89. The van der Waals surface area contributed by atoms with Gasteiger partial charge in [0.15, 0.2) is 0 Å². The summed E-state index contributed by atoms with van der Waals surface area (Å²) < 4.78 is 30.9. The van der Waals surface area contributed by atoms with Crippen LogP contribution in [0.25, 0.3) is 0 Å². The van der Waals surface area contributed by atoms with Gasteiger partial charge < -0.3 is 10.0 Å². The summed E-state index contributed by atoms with van der Waals surface area (Å²) in [5.74, 6) is -1.13. The topological polar surface area (TPSA) is 105 Å². The van der Waals surface area contributed by atoms with Gasteiger partial charge in [-0.1, -0.05) is 6.07 Å². The summed E-state index contributed by atoms with van der Waals surface area (Å²) in [6, 6.07) is 9.39. The molecule has 0 aliphatic carbocycles. The molecule has 0 aliphatic rings. The van der Waals surface area contributed by atoms with Crippen molar-refractivity contribution >= 4 is 27.4 Å². The lowest BCUT2D eigenvalue weighted by atomic mass is 10.1. The van der Waals surface area contributed by atoms with Gasteiger partial charge in [-0.05, 0) is 88.1 Å². The van der Waals surface area contributed by atoms with Crippen molar-refractivity contribution in [3.05, 3.63) is 70.0 Å². The van der Waals surface area contributed by atoms with Crippen molar-refractivity contribution in [3.63, 3.8) is 0 Å². The predicted molar refractivity (Wildman–Crippen MR) is 134 cm³/mol. The number of nitrogens with zero attached hydrogens (tertiary/aromatic N) is 3. The number of nitrogens with one attached hydrogen (secondary N) is 1. The van der Waals surface area contributed by atoms with Crippen molar-refractivity contribution in [3.8, 4) is 0 Å². The number of aromatic carboxylic acids is 1. The largest absolute Gasteiger partial charge is 0.478 e. The maximum atomic E-state index is 13.1. The minimum absolute atomic E-state index is 0.00541. The Morgan fingerprint density at radius 2 is 1.79 bits per heavy atom. The molecule has 3 aromatic rings. The Balaban J connectivity index is 1.93. The van der Waals surface area contributed by atoms with E-state index in [-0.39, 0.29) is 16.1 Å². The number of benzene rings is 2. The SMILES string of the molecule is CCn1nc(C)c(CCN(C)c2ccc(C(=O)O)cc2NS(=O)(=O)c2ccc(C)c(C)c2)c1C. The van der Waals surface area contributed by atoms with E-state index in [2.05, 4.69) is 9.82 Å². The van der Waals surface area contributed by atoms with Crippen LogP contribution in [-0.2, 0) is 23.0 Å². The molecule has 8 nitrogen and oxygen atoms in total. The Kier molecular flexibility index (Phi) is 7.35. The van der Waals surface area contributed by atoms with Gasteiger partial charge in [0.25, 0.3) is 10.0 Å². The highest BCUT2D eigenvalue weighted by molar-refractivity contribution is 7.92. The highest BCUT2D eigenvalue weighted by Crippen LogP contribution is 2.30. The first-order chi connectivity index (χ1) is 15.9. The van der Waals surface area contributed by atoms with E-state index >= 15 is 0 Å². The fourth-order valence-electron chi connectivity index (χ4n) is 3.97. The second-order valence-corrected chi connectivity index (χ2v) is 10.2. The van der Waals surface area contributed by atoms with E-state index in [0.717, 1.165) is 41.0 Å². The molecule has 2 aromatic carbocycles. The minimum atomic E-state index is -3.91. The van der Waals surface area contributed by atoms with Crippen LogP contribution in [-0.4, -0.2) is 42.9 Å². The van der Waals surface area contributed by atoms with Gasteiger partial charge in [-0.3, -0.25) is 9.40 Å². The number of carbonyl (C=O) groups is 1. The number of carboxylic acid groups (broad SMARTS) is 1. The zero-order valence-electron chi connectivity index (χ0n) is 20.5. The number of likely N-dealkylation sites (N-methyl/N-ethyl adjacent to an activating group) is 1. The molecule has 0 saturated heterocycles. The molecule has 0 amide bonds. The van der Waals surface area contributed by atoms with Crippen LogP contribution in [0.2, 0.25) is 0 Å². The average Bonchev–Trinajstić information content (AvgIpc) is 3.06. The number of hydrogen-bond donors (Lipinski definition) is 2. The molecule has 0 radical (unpaired) electrons. The van der Waals surface area contributed by atoms with Crippen molar-refractivity contribution in [1.29, 1.82) is 0 Å². The molecule has 0 bridgehead atoms. The van der Waals surface area contributed by atoms with Crippen LogP contribution in [0.1, 0.15) is 45.4 Å². The van der Waals surface area contributed by atoms with E-state index in [1.54, 1.807) is 24.3 Å². The van der Waals surface area contributed by atoms with Crippen LogP contribution in [0.5, 0.6) is 0 Å². The number of aromatic nitrogens is 2. The molecule has 1 aromatic heterocycles. The van der Waals surface area contributed by atoms with Crippen LogP contribution in [0, 0.1) is 27.7 Å². The van der Waals surface area contributed by atoms with Gasteiger partial charge in [-0.15, -0.1) is 0 Å². The fourth-order valence-corrected chi connectivity index (χ4v) is 5.12. The smallest absolute Gasteiger partial charge is 0.335 e. The minimum Gasteiger partial charge on any atom is -0.478 e. The standard InChI is InChI=1S/C25H32N4O4S/c1-7-29-19(5)22(18(4)26-29)12-13-28(6)24-11-9-20(25(30)31)15-23(24)27-34(32,33)21-10-8-16(2)17(3)14-21/h8-11,14-15,27H,7,12-13H2,1-6H3,(H,30,31). The van der Waals surface area contributed by atoms with E-state index in [0.29, 0.717) is 12.2 Å². The molecule has 9 heteroatoms. The first-order valence-corrected chi connectivity index (χ1v) is 12.6. The summed E-state index contributed by atoms with van der Waals surface area (Å²) in [5, 5.41) is 14.0. The van der Waals surface area contributed by atoms with Gasteiger partial charge in [-0.25, -0.2) is 13.2 Å². The lowest BCUT2D eigenvalue weighted by Gasteiger charge is -2.23.